The van der Waals surface area contributed by atoms with Crippen LogP contribution in [0.2, 0.25) is 10.0 Å². The Balaban J connectivity index is 1.34. The molecule has 8 rings (SSSR count). The lowest BCUT2D eigenvalue weighted by atomic mass is 9.49. The predicted octanol–water partition coefficient (Wildman–Crippen LogP) is 8.84. The number of carbonyl (C=O) groups excluding carboxylic acids is 4. The SMILES string of the molecule is COc1cc(Br)cc(C2C3=CCC4C(=O)N(c5ccc(Br)cc5)C(=O)C4C3CC3C(=O)N(Nc4ncc(C(F)(F)F)cc4Cl)C(=O)C32c2ccc(Cl)cc2)c1O. The van der Waals surface area contributed by atoms with E-state index >= 15 is 4.79 Å². The summed E-state index contributed by atoms with van der Waals surface area (Å²) in [5.41, 5.74) is 1.02. The predicted molar refractivity (Wildman–Crippen MR) is 206 cm³/mol. The molecule has 4 aromatic rings. The number of hydrogen-bond donors (Lipinski definition) is 2. The van der Waals surface area contributed by atoms with Crippen molar-refractivity contribution in [1.82, 2.24) is 9.99 Å². The van der Waals surface area contributed by atoms with Crippen molar-refractivity contribution < 1.29 is 42.2 Å². The number of aromatic hydroxyl groups is 1. The second-order valence-corrected chi connectivity index (χ2v) is 16.6. The number of alkyl halides is 3. The van der Waals surface area contributed by atoms with Gasteiger partial charge in [-0.25, -0.2) is 4.98 Å². The Labute approximate surface area is 343 Å². The molecule has 6 unspecified atom stereocenters. The number of methoxy groups -OCH3 is 1. The van der Waals surface area contributed by atoms with E-state index in [1.807, 2.05) is 6.08 Å². The second kappa shape index (κ2) is 13.9. The van der Waals surface area contributed by atoms with Gasteiger partial charge in [0.25, 0.3) is 11.8 Å². The minimum Gasteiger partial charge on any atom is -0.504 e. The molecule has 6 atom stereocenters. The molecule has 0 radical (unpaired) electrons. The molecule has 4 aliphatic rings. The minimum absolute atomic E-state index is 0.0506. The number of nitrogens with one attached hydrogen (secondary N) is 1. The number of anilines is 2. The van der Waals surface area contributed by atoms with E-state index in [0.29, 0.717) is 43.6 Å². The van der Waals surface area contributed by atoms with Gasteiger partial charge in [-0.05, 0) is 78.9 Å². The van der Waals surface area contributed by atoms with Gasteiger partial charge >= 0.3 is 6.18 Å². The van der Waals surface area contributed by atoms with Gasteiger partial charge in [0.1, 0.15) is 0 Å². The number of nitrogens with zero attached hydrogens (tertiary/aromatic N) is 3. The van der Waals surface area contributed by atoms with Crippen molar-refractivity contribution in [3.8, 4) is 11.5 Å². The summed E-state index contributed by atoms with van der Waals surface area (Å²) < 4.78 is 47.2. The summed E-state index contributed by atoms with van der Waals surface area (Å²) in [5, 5.41) is 12.4. The number of fused-ring (bicyclic) bond motifs is 4. The highest BCUT2D eigenvalue weighted by molar-refractivity contribution is 9.10. The van der Waals surface area contributed by atoms with Gasteiger partial charge in [-0.3, -0.25) is 29.5 Å². The highest BCUT2D eigenvalue weighted by Crippen LogP contribution is 2.65. The van der Waals surface area contributed by atoms with Gasteiger partial charge in [-0.2, -0.15) is 18.2 Å². The number of allylic oxidation sites excluding steroid dienone is 2. The fraction of sp³-hybridized carbons (Fsp3) is 0.256. The molecule has 56 heavy (non-hydrogen) atoms. The molecule has 3 aromatic carbocycles. The molecular weight excluding hydrogens is 908 g/mol. The lowest BCUT2D eigenvalue weighted by Gasteiger charge is -2.50. The Morgan fingerprint density at radius 1 is 0.929 bits per heavy atom. The number of hydrazine groups is 1. The molecule has 2 aliphatic carbocycles. The molecule has 4 amide bonds. The molecular formula is C39H27Br2Cl2F3N4O6. The third-order valence-corrected chi connectivity index (χ3v) is 12.8. The highest BCUT2D eigenvalue weighted by atomic mass is 79.9. The number of hydrogen-bond acceptors (Lipinski definition) is 8. The molecule has 17 heteroatoms. The van der Waals surface area contributed by atoms with Gasteiger partial charge in [0, 0.05) is 31.6 Å². The maximum absolute atomic E-state index is 15.4. The van der Waals surface area contributed by atoms with Crippen LogP contribution in [-0.4, -0.2) is 45.8 Å². The van der Waals surface area contributed by atoms with Gasteiger partial charge in [-0.1, -0.05) is 78.8 Å². The smallest absolute Gasteiger partial charge is 0.417 e. The molecule has 2 saturated heterocycles. The summed E-state index contributed by atoms with van der Waals surface area (Å²) in [6, 6.07) is 16.8. The Bertz CT molecular complexity index is 2380. The normalized spacial score (nSPS) is 25.9. The molecule has 1 aromatic heterocycles. The summed E-state index contributed by atoms with van der Waals surface area (Å²) in [6.45, 7) is 0. The number of amides is 4. The van der Waals surface area contributed by atoms with Crippen molar-refractivity contribution in [2.75, 3.05) is 17.4 Å². The monoisotopic (exact) mass is 932 g/mol. The number of imide groups is 2. The quantitative estimate of drug-likeness (QED) is 0.145. The van der Waals surface area contributed by atoms with E-state index in [1.165, 1.54) is 13.2 Å². The molecule has 10 nitrogen and oxygen atoms in total. The van der Waals surface area contributed by atoms with E-state index < -0.39 is 81.2 Å². The van der Waals surface area contributed by atoms with Gasteiger partial charge in [0.2, 0.25) is 11.8 Å². The van der Waals surface area contributed by atoms with Gasteiger partial charge in [0.15, 0.2) is 17.3 Å². The molecule has 0 bridgehead atoms. The topological polar surface area (TPSA) is 129 Å². The third-order valence-electron chi connectivity index (χ3n) is 11.2. The first kappa shape index (κ1) is 38.4. The standard InChI is InChI=1S/C39H27Br2Cl2F3N4O6/c1-56-29-14-20(41)13-26(32(29)51)31-23-10-11-24-30(36(54)49(34(24)52)22-8-4-19(40)5-9-22)25(23)15-27-35(53)50(37(55)38(27,31)17-2-6-21(42)7-3-17)48-33-28(43)12-18(16-47-33)39(44,45)46/h2-10,12-14,16,24-25,27,30-31,51H,11,15H2,1H3,(H,47,48). The molecule has 0 spiro atoms. The van der Waals surface area contributed by atoms with E-state index in [9.17, 15) is 32.7 Å². The molecule has 3 fully saturated rings. The van der Waals surface area contributed by atoms with Crippen LogP contribution in [0.4, 0.5) is 24.7 Å². The van der Waals surface area contributed by atoms with E-state index in [0.717, 1.165) is 9.37 Å². The minimum atomic E-state index is -4.77. The highest BCUT2D eigenvalue weighted by Gasteiger charge is 2.71. The number of aromatic nitrogens is 1. The van der Waals surface area contributed by atoms with Crippen LogP contribution in [0.1, 0.15) is 35.4 Å². The zero-order valence-electron chi connectivity index (χ0n) is 28.8. The van der Waals surface area contributed by atoms with Crippen LogP contribution in [0.25, 0.3) is 0 Å². The van der Waals surface area contributed by atoms with Crippen LogP contribution in [-0.2, 0) is 30.8 Å². The van der Waals surface area contributed by atoms with Crippen LogP contribution < -0.4 is 15.1 Å². The van der Waals surface area contributed by atoms with Crippen molar-refractivity contribution in [3.63, 3.8) is 0 Å². The largest absolute Gasteiger partial charge is 0.504 e. The zero-order valence-corrected chi connectivity index (χ0v) is 33.5. The van der Waals surface area contributed by atoms with E-state index in [2.05, 4.69) is 42.3 Å². The number of ether oxygens (including phenoxy) is 1. The molecule has 288 valence electrons. The Hall–Kier alpha value is -4.44. The number of halogens is 7. The van der Waals surface area contributed by atoms with Crippen LogP contribution in [0.15, 0.2) is 93.5 Å². The number of phenolic OH excluding ortho intramolecular Hbond substituents is 1. The van der Waals surface area contributed by atoms with Crippen LogP contribution in [0.3, 0.4) is 0 Å². The van der Waals surface area contributed by atoms with Crippen molar-refractivity contribution in [3.05, 3.63) is 120 Å². The van der Waals surface area contributed by atoms with Gasteiger partial charge in [-0.15, -0.1) is 0 Å². The summed E-state index contributed by atoms with van der Waals surface area (Å²) in [7, 11) is 1.35. The Morgan fingerprint density at radius 3 is 2.27 bits per heavy atom. The lowest BCUT2D eigenvalue weighted by Crippen LogP contribution is -2.53. The van der Waals surface area contributed by atoms with Crippen molar-refractivity contribution >= 4 is 90.2 Å². The first-order chi connectivity index (χ1) is 26.6. The first-order valence-electron chi connectivity index (χ1n) is 17.1. The van der Waals surface area contributed by atoms with Gasteiger partial charge in [0.05, 0.1) is 46.6 Å². The summed E-state index contributed by atoms with van der Waals surface area (Å²) >= 11 is 19.5. The summed E-state index contributed by atoms with van der Waals surface area (Å²) in [5.74, 6) is -8.12. The fourth-order valence-electron chi connectivity index (χ4n) is 8.94. The average molecular weight is 935 g/mol. The number of benzene rings is 3. The number of carbonyl (C=O) groups is 4. The van der Waals surface area contributed by atoms with Crippen LogP contribution >= 0.6 is 55.1 Å². The van der Waals surface area contributed by atoms with Crippen LogP contribution in [0, 0.1) is 23.7 Å². The van der Waals surface area contributed by atoms with E-state index in [-0.39, 0.29) is 29.9 Å². The fourth-order valence-corrected chi connectivity index (χ4v) is 10.00. The Kier molecular flexibility index (Phi) is 9.53. The zero-order chi connectivity index (χ0) is 40.0. The maximum Gasteiger partial charge on any atom is 0.417 e. The number of rotatable bonds is 6. The maximum atomic E-state index is 15.4. The summed E-state index contributed by atoms with van der Waals surface area (Å²) in [6.07, 6.45) is -2.41. The number of phenols is 1. The Morgan fingerprint density at radius 2 is 1.62 bits per heavy atom. The average Bonchev–Trinajstić information content (AvgIpc) is 3.54. The van der Waals surface area contributed by atoms with E-state index in [1.54, 1.807) is 54.6 Å². The van der Waals surface area contributed by atoms with E-state index in [4.69, 9.17) is 27.9 Å². The first-order valence-corrected chi connectivity index (χ1v) is 19.5. The van der Waals surface area contributed by atoms with Crippen LogP contribution in [0.5, 0.6) is 11.5 Å². The second-order valence-electron chi connectivity index (χ2n) is 14.0. The summed E-state index contributed by atoms with van der Waals surface area (Å²) in [4.78, 5) is 63.8. The van der Waals surface area contributed by atoms with Crippen molar-refractivity contribution in [2.24, 2.45) is 23.7 Å². The molecule has 1 saturated carbocycles. The van der Waals surface area contributed by atoms with Crippen molar-refractivity contribution in [2.45, 2.75) is 30.4 Å². The van der Waals surface area contributed by atoms with Crippen molar-refractivity contribution in [1.29, 1.82) is 0 Å². The molecule has 3 heterocycles. The number of pyridine rings is 1. The van der Waals surface area contributed by atoms with Gasteiger partial charge < -0.3 is 9.84 Å². The third kappa shape index (κ3) is 5.83. The molecule has 2 aliphatic heterocycles. The molecule has 2 N–H and O–H groups in total. The lowest BCUT2D eigenvalue weighted by molar-refractivity contribution is -0.139.